The molecule has 5 atom stereocenters. The number of ether oxygens (including phenoxy) is 1. The second-order valence-electron chi connectivity index (χ2n) is 14.0. The Morgan fingerprint density at radius 3 is 2.22 bits per heavy atom. The number of benzene rings is 1. The maximum Gasteiger partial charge on any atom is 0.398 e. The van der Waals surface area contributed by atoms with Gasteiger partial charge in [-0.05, 0) is 95.0 Å². The average molecular weight is 722 g/mol. The van der Waals surface area contributed by atoms with Crippen LogP contribution in [0.15, 0.2) is 30.5 Å². The van der Waals surface area contributed by atoms with Gasteiger partial charge in [0.2, 0.25) is 17.7 Å². The van der Waals surface area contributed by atoms with Crippen molar-refractivity contribution in [2.24, 2.45) is 17.8 Å². The fourth-order valence-corrected chi connectivity index (χ4v) is 6.94. The number of amides is 4. The number of aryl methyl sites for hydroxylation is 1. The summed E-state index contributed by atoms with van der Waals surface area (Å²) in [4.78, 5) is 57.0. The Morgan fingerprint density at radius 2 is 1.67 bits per heavy atom. The first-order valence-electron chi connectivity index (χ1n) is 17.5. The lowest BCUT2D eigenvalue weighted by molar-refractivity contribution is -0.169. The van der Waals surface area contributed by atoms with Crippen molar-refractivity contribution in [2.45, 2.75) is 89.3 Å². The number of carbonyl (C=O) groups is 4. The molecule has 3 fully saturated rings. The summed E-state index contributed by atoms with van der Waals surface area (Å²) >= 11 is 0. The van der Waals surface area contributed by atoms with Crippen LogP contribution in [0.1, 0.15) is 68.4 Å². The van der Waals surface area contributed by atoms with Gasteiger partial charge in [-0.3, -0.25) is 23.9 Å². The summed E-state index contributed by atoms with van der Waals surface area (Å²) in [5.74, 6) is -6.67. The van der Waals surface area contributed by atoms with Gasteiger partial charge in [0.25, 0.3) is 5.91 Å². The van der Waals surface area contributed by atoms with E-state index >= 15 is 4.39 Å². The van der Waals surface area contributed by atoms with Gasteiger partial charge in [-0.15, -0.1) is 0 Å². The van der Waals surface area contributed by atoms with Crippen LogP contribution in [0.3, 0.4) is 0 Å². The van der Waals surface area contributed by atoms with E-state index in [-0.39, 0.29) is 48.3 Å². The Bertz CT molecular complexity index is 1580. The topological polar surface area (TPSA) is 138 Å². The molecule has 3 N–H and O–H groups in total. The molecule has 1 aromatic heterocycles. The highest BCUT2D eigenvalue weighted by Gasteiger charge is 2.51. The van der Waals surface area contributed by atoms with E-state index in [4.69, 9.17) is 4.74 Å². The number of likely N-dealkylation sites (N-methyl/N-ethyl adjacent to an activating group) is 1. The summed E-state index contributed by atoms with van der Waals surface area (Å²) in [6.45, 7) is 6.09. The van der Waals surface area contributed by atoms with Crippen molar-refractivity contribution in [2.75, 3.05) is 39.1 Å². The minimum Gasteiger partial charge on any atom is -0.372 e. The molecule has 16 heteroatoms. The normalized spacial score (nSPS) is 20.7. The molecule has 2 aliphatic carbocycles. The fraction of sp³-hybridized carbons (Fsp3) is 0.629. The van der Waals surface area contributed by atoms with E-state index in [1.165, 1.54) is 35.9 Å². The largest absolute Gasteiger partial charge is 0.398 e. The number of nitrogens with zero attached hydrogens (tertiary/aromatic N) is 4. The zero-order chi connectivity index (χ0) is 37.2. The molecule has 0 unspecified atom stereocenters. The molecule has 5 rings (SSSR count). The highest BCUT2D eigenvalue weighted by Crippen LogP contribution is 2.51. The second-order valence-corrected chi connectivity index (χ2v) is 14.0. The van der Waals surface area contributed by atoms with Crippen LogP contribution in [0.5, 0.6) is 0 Å². The molecule has 2 heterocycles. The summed E-state index contributed by atoms with van der Waals surface area (Å²) in [6.07, 6.45) is -1.22. The fourth-order valence-electron chi connectivity index (χ4n) is 6.94. The van der Waals surface area contributed by atoms with Crippen molar-refractivity contribution in [1.82, 2.24) is 30.2 Å². The predicted octanol–water partition coefficient (Wildman–Crippen LogP) is 3.54. The molecule has 0 bridgehead atoms. The third-order valence-electron chi connectivity index (χ3n) is 10.4. The number of hydrogen-bond acceptors (Lipinski definition) is 7. The van der Waals surface area contributed by atoms with Crippen molar-refractivity contribution in [3.8, 4) is 0 Å². The van der Waals surface area contributed by atoms with Crippen LogP contribution < -0.4 is 16.0 Å². The molecular formula is C35H47F4N7O5. The lowest BCUT2D eigenvalue weighted by Gasteiger charge is -2.40. The number of rotatable bonds is 14. The van der Waals surface area contributed by atoms with E-state index in [1.54, 1.807) is 0 Å². The van der Waals surface area contributed by atoms with Crippen molar-refractivity contribution < 1.29 is 41.5 Å². The SMILES string of the molecule is CCn1nccc1C(=O)N[C@H](C(=O)Nc1ccc([C@@H]([C@@H](NC(=O)[C@H](C)OC)C(=O)N2CCN(C)[C@H](C)C2)C(F)(F)F)cc1F)C(C1CC1)C1CC1. The Morgan fingerprint density at radius 1 is 1.00 bits per heavy atom. The third kappa shape index (κ3) is 8.88. The van der Waals surface area contributed by atoms with Gasteiger partial charge in [0, 0.05) is 45.5 Å². The molecule has 2 saturated carbocycles. The average Bonchev–Trinajstić information content (AvgIpc) is 4.04. The Kier molecular flexibility index (Phi) is 11.7. The third-order valence-corrected chi connectivity index (χ3v) is 10.4. The predicted molar refractivity (Wildman–Crippen MR) is 179 cm³/mol. The number of nitrogens with one attached hydrogen (secondary N) is 3. The minimum atomic E-state index is -5.10. The van der Waals surface area contributed by atoms with Crippen LogP contribution in [0.25, 0.3) is 0 Å². The molecule has 0 radical (unpaired) electrons. The molecule has 51 heavy (non-hydrogen) atoms. The second kappa shape index (κ2) is 15.7. The Labute approximate surface area is 294 Å². The van der Waals surface area contributed by atoms with Gasteiger partial charge < -0.3 is 30.5 Å². The van der Waals surface area contributed by atoms with Crippen LogP contribution in [-0.2, 0) is 25.7 Å². The van der Waals surface area contributed by atoms with E-state index in [0.717, 1.165) is 37.8 Å². The lowest BCUT2D eigenvalue weighted by Crippen LogP contribution is -2.60. The molecule has 2 aromatic rings. The zero-order valence-corrected chi connectivity index (χ0v) is 29.5. The number of methoxy groups -OCH3 is 1. The highest BCUT2D eigenvalue weighted by atomic mass is 19.4. The van der Waals surface area contributed by atoms with E-state index in [2.05, 4.69) is 21.0 Å². The zero-order valence-electron chi connectivity index (χ0n) is 29.5. The first-order chi connectivity index (χ1) is 24.1. The first kappa shape index (κ1) is 38.2. The summed E-state index contributed by atoms with van der Waals surface area (Å²) in [6, 6.07) is 0.859. The molecular weight excluding hydrogens is 674 g/mol. The molecule has 1 aromatic carbocycles. The summed E-state index contributed by atoms with van der Waals surface area (Å²) in [7, 11) is 3.05. The van der Waals surface area contributed by atoms with Crippen LogP contribution >= 0.6 is 0 Å². The Hall–Kier alpha value is -4.05. The standard InChI is InChI=1S/C35H47F4N7O5/c1-6-46-26(13-14-40-46)32(48)42-29(27(21-7-8-21)22-9-10-22)33(49)41-25-12-11-23(17-24(25)36)28(35(37,38)39)30(43-31(47)20(3)51-5)34(50)45-16-15-44(4)19(2)18-45/h11-14,17,19-22,27-30H,6-10,15-16,18H2,1-5H3,(H,41,49)(H,42,48)(H,43,47)/t19-,20+,28+,29+,30-/m1/s1. The number of aromatic nitrogens is 2. The number of piperazine rings is 1. The van der Waals surface area contributed by atoms with Gasteiger partial charge in [0.05, 0.1) is 5.69 Å². The monoisotopic (exact) mass is 721 g/mol. The van der Waals surface area contributed by atoms with E-state index in [9.17, 15) is 32.3 Å². The summed E-state index contributed by atoms with van der Waals surface area (Å²) in [5.41, 5.74) is -0.743. The maximum atomic E-state index is 15.8. The maximum absolute atomic E-state index is 15.8. The number of halogens is 4. The van der Waals surface area contributed by atoms with E-state index in [1.807, 2.05) is 25.8 Å². The van der Waals surface area contributed by atoms with Crippen LogP contribution in [0, 0.1) is 23.6 Å². The van der Waals surface area contributed by atoms with E-state index < -0.39 is 65.3 Å². The smallest absolute Gasteiger partial charge is 0.372 e. The number of alkyl halides is 3. The van der Waals surface area contributed by atoms with Gasteiger partial charge in [0.15, 0.2) is 0 Å². The number of hydrogen-bond donors (Lipinski definition) is 3. The molecule has 4 amide bonds. The summed E-state index contributed by atoms with van der Waals surface area (Å²) < 4.78 is 67.1. The van der Waals surface area contributed by atoms with Gasteiger partial charge in [0.1, 0.15) is 35.6 Å². The molecule has 1 saturated heterocycles. The van der Waals surface area contributed by atoms with Gasteiger partial charge in [-0.2, -0.15) is 18.3 Å². The van der Waals surface area contributed by atoms with Crippen LogP contribution in [-0.4, -0.2) is 107 Å². The molecule has 3 aliphatic rings. The highest BCUT2D eigenvalue weighted by molar-refractivity contribution is 6.01. The van der Waals surface area contributed by atoms with Gasteiger partial charge in [-0.1, -0.05) is 6.07 Å². The molecule has 280 valence electrons. The molecule has 0 spiro atoms. The quantitative estimate of drug-likeness (QED) is 0.254. The minimum absolute atomic E-state index is 0.132. The number of carbonyl (C=O) groups excluding carboxylic acids is 4. The molecule has 12 nitrogen and oxygen atoms in total. The number of anilines is 1. The summed E-state index contributed by atoms with van der Waals surface area (Å²) in [5, 5.41) is 11.7. The van der Waals surface area contributed by atoms with Crippen molar-refractivity contribution >= 4 is 29.3 Å². The molecule has 1 aliphatic heterocycles. The van der Waals surface area contributed by atoms with Crippen molar-refractivity contribution in [3.63, 3.8) is 0 Å². The lowest BCUT2D eigenvalue weighted by atomic mass is 9.88. The Balaban J connectivity index is 1.43. The van der Waals surface area contributed by atoms with Crippen LogP contribution in [0.4, 0.5) is 23.2 Å². The van der Waals surface area contributed by atoms with Crippen molar-refractivity contribution in [3.05, 3.63) is 47.5 Å². The van der Waals surface area contributed by atoms with Crippen molar-refractivity contribution in [1.29, 1.82) is 0 Å². The van der Waals surface area contributed by atoms with Gasteiger partial charge >= 0.3 is 6.18 Å². The van der Waals surface area contributed by atoms with Crippen LogP contribution in [0.2, 0.25) is 0 Å². The van der Waals surface area contributed by atoms with Gasteiger partial charge in [-0.25, -0.2) is 4.39 Å². The first-order valence-corrected chi connectivity index (χ1v) is 17.5. The van der Waals surface area contributed by atoms with E-state index in [0.29, 0.717) is 19.2 Å².